The van der Waals surface area contributed by atoms with E-state index in [-0.39, 0.29) is 31.4 Å². The minimum absolute atomic E-state index is 0.142. The fourth-order valence-corrected chi connectivity index (χ4v) is 4.60. The Morgan fingerprint density at radius 2 is 1.56 bits per heavy atom. The van der Waals surface area contributed by atoms with Crippen molar-refractivity contribution in [1.82, 2.24) is 30.4 Å². The number of nitrogens with zero attached hydrogens (tertiary/aromatic N) is 9. The fraction of sp³-hybridized carbons (Fsp3) is 0.429. The van der Waals surface area contributed by atoms with Gasteiger partial charge in [0.1, 0.15) is 19.3 Å². The molecule has 2 aliphatic rings. The van der Waals surface area contributed by atoms with Crippen LogP contribution >= 0.6 is 0 Å². The largest absolute Gasteiger partial charge is 0.445 e. The number of azide groups is 1. The number of hydrogen-bond acceptors (Lipinski definition) is 9. The summed E-state index contributed by atoms with van der Waals surface area (Å²) in [6.45, 7) is 1.81. The molecule has 0 unspecified atom stereocenters. The molecule has 5 rings (SSSR count). The van der Waals surface area contributed by atoms with Crippen molar-refractivity contribution in [3.05, 3.63) is 88.1 Å². The Hall–Kier alpha value is -4.62. The predicted molar refractivity (Wildman–Crippen MR) is 158 cm³/mol. The number of aromatic amines is 1. The second-order valence-corrected chi connectivity index (χ2v) is 12.4. The molecule has 43 heavy (non-hydrogen) atoms. The zero-order chi connectivity index (χ0) is 30.9. The molecule has 0 saturated carbocycles. The molecule has 2 aromatic carbocycles. The first-order valence-corrected chi connectivity index (χ1v) is 16.9. The van der Waals surface area contributed by atoms with Gasteiger partial charge in [-0.25, -0.2) is 13.7 Å². The Balaban J connectivity index is 0.000000201. The lowest BCUT2D eigenvalue weighted by atomic mass is 10.2. The second-order valence-electron chi connectivity index (χ2n) is 9.98. The monoisotopic (exact) mass is 602 g/mol. The number of ether oxygens (including phenoxy) is 2. The van der Waals surface area contributed by atoms with Gasteiger partial charge in [-0.15, -0.1) is 21.8 Å². The third kappa shape index (κ3) is 10.9. The summed E-state index contributed by atoms with van der Waals surface area (Å²) in [5.41, 5.74) is 9.65. The summed E-state index contributed by atoms with van der Waals surface area (Å²) in [6.07, 6.45) is 2.65. The summed E-state index contributed by atoms with van der Waals surface area (Å²) in [5.74, 6) is 4.48. The molecule has 0 radical (unpaired) electrons. The number of tetrazole rings is 1. The van der Waals surface area contributed by atoms with Gasteiger partial charge in [0.05, 0.1) is 12.1 Å². The summed E-state index contributed by atoms with van der Waals surface area (Å²) in [4.78, 5) is 29.7. The number of rotatable bonds is 6. The average molecular weight is 603 g/mol. The van der Waals surface area contributed by atoms with Crippen molar-refractivity contribution in [3.8, 4) is 6.07 Å². The van der Waals surface area contributed by atoms with E-state index in [1.54, 1.807) is 4.90 Å². The van der Waals surface area contributed by atoms with Gasteiger partial charge < -0.3 is 9.47 Å². The minimum Gasteiger partial charge on any atom is -0.445 e. The minimum atomic E-state index is -0.962. The Morgan fingerprint density at radius 3 is 2.05 bits per heavy atom. The number of aromatic nitrogens is 4. The van der Waals surface area contributed by atoms with Crippen LogP contribution in [-0.4, -0.2) is 76.1 Å². The molecule has 14 nitrogen and oxygen atoms in total. The van der Waals surface area contributed by atoms with E-state index in [1.807, 2.05) is 72.2 Å². The lowest BCUT2D eigenvalue weighted by molar-refractivity contribution is 0.0908. The van der Waals surface area contributed by atoms with Crippen molar-refractivity contribution in [2.45, 2.75) is 62.6 Å². The second kappa shape index (κ2) is 18.0. The van der Waals surface area contributed by atoms with Crippen LogP contribution in [0.2, 0.25) is 11.6 Å². The van der Waals surface area contributed by atoms with Gasteiger partial charge in [0.2, 0.25) is 0 Å². The maximum atomic E-state index is 12.1. The molecule has 3 heterocycles. The van der Waals surface area contributed by atoms with Crippen LogP contribution in [0.5, 0.6) is 0 Å². The van der Waals surface area contributed by atoms with Crippen molar-refractivity contribution in [1.29, 1.82) is 5.26 Å². The summed E-state index contributed by atoms with van der Waals surface area (Å²) in [7, 11) is 0. The number of nitriles is 1. The molecule has 0 aliphatic carbocycles. The molecule has 2 aliphatic heterocycles. The van der Waals surface area contributed by atoms with Crippen LogP contribution in [0.15, 0.2) is 64.8 Å². The topological polar surface area (TPSA) is 186 Å². The number of likely N-dealkylation sites (tertiary alicyclic amines) is 2. The van der Waals surface area contributed by atoms with Gasteiger partial charge in [-0.05, 0) is 47.3 Å². The molecule has 224 valence electrons. The first-order valence-electron chi connectivity index (χ1n) is 14.0. The highest BCUT2D eigenvalue weighted by molar-refractivity contribution is 6.53. The molecule has 0 bridgehead atoms. The highest BCUT2D eigenvalue weighted by Crippen LogP contribution is 2.29. The number of carbonyl (C=O) groups is 2. The van der Waals surface area contributed by atoms with E-state index in [1.165, 1.54) is 4.90 Å². The van der Waals surface area contributed by atoms with Gasteiger partial charge in [0.25, 0.3) is 0 Å². The van der Waals surface area contributed by atoms with Gasteiger partial charge in [-0.1, -0.05) is 65.9 Å². The summed E-state index contributed by atoms with van der Waals surface area (Å²) >= 11 is -0.962. The Morgan fingerprint density at radius 1 is 1.00 bits per heavy atom. The van der Waals surface area contributed by atoms with Crippen LogP contribution in [0.25, 0.3) is 10.4 Å². The standard InChI is InChI=1S/C13H15N5O2.C13H14N2O2.2CH3.Al.N3/c19-13(20-9-10-5-2-1-3-6-10)18-8-4-7-11(18)12-14-16-17-15-12;14-9-12-7-4-8-15(12)13(16)17-10-11-5-2-1-3-6-11;;;;1-3-2/h1-3,5-6,11H,4,7-9H2,(H,14,15,16,17);1-3,5-6,12H,4,7-8,10H2;2*1H3;;/q;;;;+1;-1/t11-;12-;;;;/m00..../s1. The molecule has 0 spiro atoms. The van der Waals surface area contributed by atoms with E-state index in [2.05, 4.69) is 35.7 Å². The van der Waals surface area contributed by atoms with Crippen molar-refractivity contribution in [2.24, 2.45) is 4.10 Å². The molecule has 1 aromatic heterocycles. The summed E-state index contributed by atoms with van der Waals surface area (Å²) < 4.78 is 14.0. The summed E-state index contributed by atoms with van der Waals surface area (Å²) in [5, 5.41) is 22.7. The highest BCUT2D eigenvalue weighted by Gasteiger charge is 2.34. The van der Waals surface area contributed by atoms with Gasteiger partial charge in [-0.2, -0.15) is 10.5 Å². The van der Waals surface area contributed by atoms with Crippen LogP contribution in [0.1, 0.15) is 48.7 Å². The first kappa shape index (κ1) is 32.9. The van der Waals surface area contributed by atoms with Crippen LogP contribution in [0.4, 0.5) is 9.59 Å². The maximum absolute atomic E-state index is 12.1. The Labute approximate surface area is 254 Å². The van der Waals surface area contributed by atoms with Gasteiger partial charge in [0, 0.05) is 13.1 Å². The van der Waals surface area contributed by atoms with E-state index in [9.17, 15) is 9.59 Å². The Kier molecular flexibility index (Phi) is 13.8. The molecule has 1 N–H and O–H groups in total. The molecular formula is C28H35AlN10O4. The van der Waals surface area contributed by atoms with Gasteiger partial charge >= 0.3 is 26.6 Å². The van der Waals surface area contributed by atoms with Crippen LogP contribution in [-0.2, 0) is 22.7 Å². The zero-order valence-electron chi connectivity index (χ0n) is 24.3. The number of nitrogens with one attached hydrogen (secondary N) is 1. The number of benzene rings is 2. The van der Waals surface area contributed by atoms with E-state index < -0.39 is 20.5 Å². The Bertz CT molecular complexity index is 1350. The lowest BCUT2D eigenvalue weighted by Crippen LogP contribution is -2.34. The van der Waals surface area contributed by atoms with Crippen molar-refractivity contribution in [2.75, 3.05) is 13.1 Å². The molecule has 2 atom stereocenters. The van der Waals surface area contributed by atoms with Gasteiger partial charge in [-0.3, -0.25) is 9.80 Å². The highest BCUT2D eigenvalue weighted by atomic mass is 27.2. The summed E-state index contributed by atoms with van der Waals surface area (Å²) in [6, 6.07) is 20.8. The molecule has 2 fully saturated rings. The maximum Gasteiger partial charge on any atom is 0.411 e. The smallest absolute Gasteiger partial charge is 0.411 e. The van der Waals surface area contributed by atoms with Crippen molar-refractivity contribution >= 4 is 26.6 Å². The average Bonchev–Trinajstić information content (AvgIpc) is 3.82. The molecule has 15 heteroatoms. The zero-order valence-corrected chi connectivity index (χ0v) is 25.5. The van der Waals surface area contributed by atoms with Crippen LogP contribution in [0.3, 0.4) is 0 Å². The van der Waals surface area contributed by atoms with Gasteiger partial charge in [0.15, 0.2) is 5.82 Å². The third-order valence-corrected chi connectivity index (χ3v) is 7.04. The van der Waals surface area contributed by atoms with Crippen LogP contribution < -0.4 is 0 Å². The molecular weight excluding hydrogens is 567 g/mol. The number of amides is 2. The molecule has 2 saturated heterocycles. The molecule has 2 amide bonds. The van der Waals surface area contributed by atoms with E-state index in [4.69, 9.17) is 20.3 Å². The van der Waals surface area contributed by atoms with E-state index >= 15 is 0 Å². The molecule has 3 aromatic rings. The van der Waals surface area contributed by atoms with E-state index in [0.29, 0.717) is 18.9 Å². The van der Waals surface area contributed by atoms with Crippen molar-refractivity contribution in [3.63, 3.8) is 0 Å². The van der Waals surface area contributed by atoms with E-state index in [0.717, 1.165) is 36.8 Å². The predicted octanol–water partition coefficient (Wildman–Crippen LogP) is 5.53. The number of hydrogen-bond donors (Lipinski definition) is 1. The number of H-pyrrole nitrogens is 1. The lowest BCUT2D eigenvalue weighted by Gasteiger charge is -2.21. The normalized spacial score (nSPS) is 16.8. The fourth-order valence-electron chi connectivity index (χ4n) is 4.39. The SMILES string of the molecule is N#C[C@@H]1CCCN1C(=O)OCc1ccccc1.O=C(OCc1ccccc1)N1CCC[C@H]1c1nn[nH]n1.[CH3][Al]([CH3])[N]=[N+]=[N-]. The first-order chi connectivity index (χ1) is 20.9. The third-order valence-electron chi connectivity index (χ3n) is 6.48. The number of carbonyl (C=O) groups excluding carboxylic acids is 2. The quantitative estimate of drug-likeness (QED) is 0.165. The van der Waals surface area contributed by atoms with Crippen molar-refractivity contribution < 1.29 is 19.1 Å². The van der Waals surface area contributed by atoms with Crippen LogP contribution in [0, 0.1) is 11.3 Å².